The molecule has 2 heterocycles. The number of methoxy groups -OCH3 is 3. The number of nitrogens with one attached hydrogen (secondary N) is 1. The third-order valence-corrected chi connectivity index (χ3v) is 5.11. The fourth-order valence-corrected chi connectivity index (χ4v) is 3.64. The molecular formula is C22H20ClN3O4. The maximum atomic E-state index is 13.2. The van der Waals surface area contributed by atoms with Crippen LogP contribution in [0.25, 0.3) is 0 Å². The van der Waals surface area contributed by atoms with E-state index in [0.717, 1.165) is 5.56 Å². The first-order chi connectivity index (χ1) is 14.6. The molecule has 30 heavy (non-hydrogen) atoms. The van der Waals surface area contributed by atoms with Gasteiger partial charge in [0.1, 0.15) is 12.0 Å². The van der Waals surface area contributed by atoms with Crippen molar-refractivity contribution in [3.63, 3.8) is 0 Å². The summed E-state index contributed by atoms with van der Waals surface area (Å²) in [6.45, 7) is 0. The van der Waals surface area contributed by atoms with Gasteiger partial charge in [0, 0.05) is 35.1 Å². The Morgan fingerprint density at radius 2 is 1.70 bits per heavy atom. The molecule has 2 aromatic carbocycles. The molecule has 0 spiro atoms. The first-order valence-corrected chi connectivity index (χ1v) is 9.55. The van der Waals surface area contributed by atoms with Gasteiger partial charge in [-0.1, -0.05) is 29.8 Å². The van der Waals surface area contributed by atoms with Crippen LogP contribution in [0.4, 0.5) is 11.5 Å². The van der Waals surface area contributed by atoms with Crippen LogP contribution in [0, 0.1) is 0 Å². The Morgan fingerprint density at radius 1 is 1.00 bits per heavy atom. The number of carbonyl (C=O) groups excluding carboxylic acids is 1. The number of aromatic nitrogens is 1. The van der Waals surface area contributed by atoms with E-state index in [1.807, 2.05) is 18.2 Å². The summed E-state index contributed by atoms with van der Waals surface area (Å²) < 4.78 is 16.3. The fourth-order valence-electron chi connectivity index (χ4n) is 3.53. The number of anilines is 2. The zero-order valence-corrected chi connectivity index (χ0v) is 17.4. The normalized spacial score (nSPS) is 15.0. The molecule has 1 N–H and O–H groups in total. The van der Waals surface area contributed by atoms with Crippen molar-refractivity contribution < 1.29 is 19.0 Å². The van der Waals surface area contributed by atoms with E-state index in [-0.39, 0.29) is 5.91 Å². The summed E-state index contributed by atoms with van der Waals surface area (Å²) in [5.41, 5.74) is 2.14. The van der Waals surface area contributed by atoms with Crippen molar-refractivity contribution >= 4 is 29.0 Å². The lowest BCUT2D eigenvalue weighted by Crippen LogP contribution is -2.32. The van der Waals surface area contributed by atoms with Crippen molar-refractivity contribution in [1.29, 1.82) is 0 Å². The maximum absolute atomic E-state index is 13.2. The largest absolute Gasteiger partial charge is 0.493 e. The van der Waals surface area contributed by atoms with Crippen LogP contribution in [0.15, 0.2) is 54.7 Å². The number of hydrogen-bond acceptors (Lipinski definition) is 6. The van der Waals surface area contributed by atoms with E-state index in [4.69, 9.17) is 25.8 Å². The van der Waals surface area contributed by atoms with Crippen molar-refractivity contribution in [3.05, 3.63) is 70.9 Å². The van der Waals surface area contributed by atoms with Gasteiger partial charge < -0.3 is 19.5 Å². The summed E-state index contributed by atoms with van der Waals surface area (Å²) in [6.07, 6.45) is 1.04. The SMILES string of the molecule is COc1cc(N[C@H]2c3ccccc3C(=O)N2c2ccc(Cl)cn2)cc(OC)c1OC. The summed E-state index contributed by atoms with van der Waals surface area (Å²) in [7, 11) is 4.66. The fraction of sp³-hybridized carbons (Fsp3) is 0.182. The molecule has 1 aromatic heterocycles. The molecule has 8 heteroatoms. The van der Waals surface area contributed by atoms with Crippen molar-refractivity contribution in [1.82, 2.24) is 4.98 Å². The van der Waals surface area contributed by atoms with E-state index in [1.165, 1.54) is 6.20 Å². The van der Waals surface area contributed by atoms with Gasteiger partial charge in [0.15, 0.2) is 11.5 Å². The molecule has 0 saturated heterocycles. The second-order valence-corrected chi connectivity index (χ2v) is 6.99. The summed E-state index contributed by atoms with van der Waals surface area (Å²) in [5, 5.41) is 3.91. The van der Waals surface area contributed by atoms with E-state index in [1.54, 1.807) is 56.6 Å². The van der Waals surface area contributed by atoms with E-state index in [9.17, 15) is 4.79 Å². The minimum absolute atomic E-state index is 0.148. The standard InChI is InChI=1S/C22H20ClN3O4/c1-28-17-10-14(11-18(29-2)20(17)30-3)25-21-15-6-4-5-7-16(15)22(27)26(21)19-9-8-13(23)12-24-19/h4-12,21,25H,1-3H3/t21-/m1/s1. The van der Waals surface area contributed by atoms with Crippen molar-refractivity contribution in [2.45, 2.75) is 6.17 Å². The third kappa shape index (κ3) is 3.37. The lowest BCUT2D eigenvalue weighted by atomic mass is 10.1. The Hall–Kier alpha value is -3.45. The second kappa shape index (κ2) is 8.12. The van der Waals surface area contributed by atoms with Crippen LogP contribution >= 0.6 is 11.6 Å². The van der Waals surface area contributed by atoms with Crippen LogP contribution in [0.3, 0.4) is 0 Å². The highest BCUT2D eigenvalue weighted by atomic mass is 35.5. The number of amides is 1. The number of hydrogen-bond donors (Lipinski definition) is 1. The van der Waals surface area contributed by atoms with Crippen LogP contribution < -0.4 is 24.4 Å². The molecule has 0 unspecified atom stereocenters. The highest BCUT2D eigenvalue weighted by molar-refractivity contribution is 6.30. The Bertz CT molecular complexity index is 1060. The lowest BCUT2D eigenvalue weighted by Gasteiger charge is -2.27. The van der Waals surface area contributed by atoms with Crippen molar-refractivity contribution in [2.24, 2.45) is 0 Å². The molecule has 1 aliphatic heterocycles. The second-order valence-electron chi connectivity index (χ2n) is 6.56. The monoisotopic (exact) mass is 425 g/mol. The molecule has 7 nitrogen and oxygen atoms in total. The van der Waals surface area contributed by atoms with E-state index in [2.05, 4.69) is 10.3 Å². The van der Waals surface area contributed by atoms with Gasteiger partial charge in [-0.15, -0.1) is 0 Å². The molecular weight excluding hydrogens is 406 g/mol. The molecule has 154 valence electrons. The van der Waals surface area contributed by atoms with Gasteiger partial charge in [-0.05, 0) is 18.2 Å². The number of benzene rings is 2. The smallest absolute Gasteiger partial charge is 0.261 e. The van der Waals surface area contributed by atoms with Gasteiger partial charge in [0.25, 0.3) is 5.91 Å². The quantitative estimate of drug-likeness (QED) is 0.625. The van der Waals surface area contributed by atoms with Gasteiger partial charge in [0.2, 0.25) is 5.75 Å². The number of fused-ring (bicyclic) bond motifs is 1. The Morgan fingerprint density at radius 3 is 2.30 bits per heavy atom. The molecule has 1 amide bonds. The van der Waals surface area contributed by atoms with Gasteiger partial charge in [-0.25, -0.2) is 4.98 Å². The highest BCUT2D eigenvalue weighted by Crippen LogP contribution is 2.43. The first kappa shape index (κ1) is 19.8. The van der Waals surface area contributed by atoms with E-state index < -0.39 is 6.17 Å². The van der Waals surface area contributed by atoms with Gasteiger partial charge in [0.05, 0.1) is 26.4 Å². The average Bonchev–Trinajstić information content (AvgIpc) is 3.05. The molecule has 4 rings (SSSR count). The summed E-state index contributed by atoms with van der Waals surface area (Å²) >= 11 is 5.98. The molecule has 0 radical (unpaired) electrons. The minimum Gasteiger partial charge on any atom is -0.493 e. The topological polar surface area (TPSA) is 72.9 Å². The zero-order chi connectivity index (χ0) is 21.3. The molecule has 1 atom stereocenters. The molecule has 0 bridgehead atoms. The van der Waals surface area contributed by atoms with Crippen molar-refractivity contribution in [2.75, 3.05) is 31.5 Å². The third-order valence-electron chi connectivity index (χ3n) is 4.89. The number of nitrogens with zero attached hydrogens (tertiary/aromatic N) is 2. The number of carbonyl (C=O) groups is 1. The number of halogens is 1. The van der Waals surface area contributed by atoms with E-state index in [0.29, 0.717) is 39.3 Å². The predicted octanol–water partition coefficient (Wildman–Crippen LogP) is 4.53. The first-order valence-electron chi connectivity index (χ1n) is 9.18. The van der Waals surface area contributed by atoms with Gasteiger partial charge >= 0.3 is 0 Å². The summed E-state index contributed by atoms with van der Waals surface area (Å²) in [4.78, 5) is 19.1. The Kier molecular flexibility index (Phi) is 5.37. The molecule has 0 aliphatic carbocycles. The van der Waals surface area contributed by atoms with Gasteiger partial charge in [-0.2, -0.15) is 0 Å². The minimum atomic E-state index is -0.481. The van der Waals surface area contributed by atoms with Crippen LogP contribution in [0.1, 0.15) is 22.1 Å². The molecule has 0 fully saturated rings. The highest BCUT2D eigenvalue weighted by Gasteiger charge is 2.38. The van der Waals surface area contributed by atoms with Crippen LogP contribution in [-0.4, -0.2) is 32.2 Å². The summed E-state index contributed by atoms with van der Waals surface area (Å²) in [6, 6.07) is 14.5. The lowest BCUT2D eigenvalue weighted by molar-refractivity contribution is 0.0992. The average molecular weight is 426 g/mol. The Balaban J connectivity index is 1.79. The van der Waals surface area contributed by atoms with Crippen molar-refractivity contribution in [3.8, 4) is 17.2 Å². The zero-order valence-electron chi connectivity index (χ0n) is 16.7. The van der Waals surface area contributed by atoms with Gasteiger partial charge in [-0.3, -0.25) is 9.69 Å². The van der Waals surface area contributed by atoms with Crippen LogP contribution in [-0.2, 0) is 0 Å². The number of pyridine rings is 1. The number of ether oxygens (including phenoxy) is 3. The number of rotatable bonds is 6. The summed E-state index contributed by atoms with van der Waals surface area (Å²) in [5.74, 6) is 1.85. The molecule has 0 saturated carbocycles. The van der Waals surface area contributed by atoms with Crippen LogP contribution in [0.2, 0.25) is 5.02 Å². The van der Waals surface area contributed by atoms with E-state index >= 15 is 0 Å². The maximum Gasteiger partial charge on any atom is 0.261 e. The Labute approximate surface area is 179 Å². The molecule has 3 aromatic rings. The van der Waals surface area contributed by atoms with Crippen LogP contribution in [0.5, 0.6) is 17.2 Å². The molecule has 1 aliphatic rings. The predicted molar refractivity (Wildman–Crippen MR) is 115 cm³/mol.